The van der Waals surface area contributed by atoms with Gasteiger partial charge in [0.25, 0.3) is 0 Å². The highest BCUT2D eigenvalue weighted by Crippen LogP contribution is 2.74. The maximum absolute atomic E-state index is 14.1. The number of pyridine rings is 1. The normalized spacial score (nSPS) is 30.3. The van der Waals surface area contributed by atoms with Crippen LogP contribution in [0.1, 0.15) is 46.5 Å². The van der Waals surface area contributed by atoms with Gasteiger partial charge in [-0.2, -0.15) is 5.26 Å². The number of aryl methyl sites for hydroxylation is 2. The van der Waals surface area contributed by atoms with E-state index >= 15 is 0 Å². The second-order valence-corrected chi connectivity index (χ2v) is 10.6. The zero-order valence-corrected chi connectivity index (χ0v) is 22.0. The third-order valence-corrected chi connectivity index (χ3v) is 8.25. The van der Waals surface area contributed by atoms with Crippen molar-refractivity contribution in [2.24, 2.45) is 10.9 Å². The minimum atomic E-state index is -1.83. The lowest BCUT2D eigenvalue weighted by Crippen LogP contribution is -2.62. The summed E-state index contributed by atoms with van der Waals surface area (Å²) in [6.45, 7) is 5.58. The molecule has 192 valence electrons. The fraction of sp³-hybridized carbons (Fsp3) is 0.333. The zero-order chi connectivity index (χ0) is 27.0. The number of amidine groups is 1. The monoisotopic (exact) mass is 507 g/mol. The van der Waals surface area contributed by atoms with Crippen LogP contribution < -0.4 is 10.1 Å². The quantitative estimate of drug-likeness (QED) is 0.563. The number of rotatable bonds is 3. The van der Waals surface area contributed by atoms with Gasteiger partial charge in [-0.25, -0.2) is 0 Å². The molecule has 3 aliphatic rings. The van der Waals surface area contributed by atoms with E-state index in [0.717, 1.165) is 11.3 Å². The molecule has 1 fully saturated rings. The molecule has 1 amide bonds. The maximum atomic E-state index is 14.1. The molecule has 3 aromatic rings. The number of fused-ring (bicyclic) bond motifs is 1. The van der Waals surface area contributed by atoms with Crippen LogP contribution in [0, 0.1) is 31.1 Å². The van der Waals surface area contributed by atoms with Crippen LogP contribution in [0.3, 0.4) is 0 Å². The van der Waals surface area contributed by atoms with Gasteiger partial charge in [0.05, 0.1) is 28.9 Å². The number of carbonyl (C=O) groups is 1. The number of nitrogens with zero attached hydrogens (tertiary/aromatic N) is 4. The van der Waals surface area contributed by atoms with E-state index in [0.29, 0.717) is 34.0 Å². The molecule has 0 saturated heterocycles. The largest absolute Gasteiger partial charge is 0.478 e. The van der Waals surface area contributed by atoms with Gasteiger partial charge in [-0.05, 0) is 44.0 Å². The molecule has 1 spiro atoms. The topological polar surface area (TPSA) is 111 Å². The molecule has 2 aromatic carbocycles. The van der Waals surface area contributed by atoms with E-state index < -0.39 is 28.7 Å². The lowest BCUT2D eigenvalue weighted by molar-refractivity contribution is -0.146. The van der Waals surface area contributed by atoms with Crippen molar-refractivity contribution >= 4 is 11.7 Å². The molecular formula is C30H29N5O3. The van der Waals surface area contributed by atoms with Gasteiger partial charge in [0, 0.05) is 37.5 Å². The predicted octanol–water partition coefficient (Wildman–Crippen LogP) is 3.27. The maximum Gasteiger partial charge on any atom is 0.230 e. The van der Waals surface area contributed by atoms with Crippen molar-refractivity contribution in [2.45, 2.75) is 43.6 Å². The van der Waals surface area contributed by atoms with Crippen LogP contribution in [-0.4, -0.2) is 46.6 Å². The lowest BCUT2D eigenvalue weighted by atomic mass is 9.68. The van der Waals surface area contributed by atoms with Crippen molar-refractivity contribution in [2.75, 3.05) is 14.1 Å². The molecule has 8 nitrogen and oxygen atoms in total. The zero-order valence-electron chi connectivity index (χ0n) is 22.0. The number of aliphatic hydroxyl groups is 1. The van der Waals surface area contributed by atoms with E-state index in [9.17, 15) is 15.2 Å². The first-order chi connectivity index (χ1) is 18.1. The van der Waals surface area contributed by atoms with Gasteiger partial charge in [0.15, 0.2) is 16.9 Å². The average Bonchev–Trinajstić information content (AvgIpc) is 3.39. The van der Waals surface area contributed by atoms with Crippen molar-refractivity contribution in [1.29, 1.82) is 5.26 Å². The van der Waals surface area contributed by atoms with Crippen LogP contribution in [-0.2, 0) is 15.9 Å². The minimum Gasteiger partial charge on any atom is -0.478 e. The molecule has 0 radical (unpaired) electrons. The summed E-state index contributed by atoms with van der Waals surface area (Å²) < 4.78 is 7.08. The molecule has 2 N–H and O–H groups in total. The molecule has 38 heavy (non-hydrogen) atoms. The van der Waals surface area contributed by atoms with Gasteiger partial charge in [-0.3, -0.25) is 14.8 Å². The van der Waals surface area contributed by atoms with Gasteiger partial charge in [0.1, 0.15) is 5.75 Å². The van der Waals surface area contributed by atoms with Crippen LogP contribution in [0.4, 0.5) is 0 Å². The summed E-state index contributed by atoms with van der Waals surface area (Å²) in [5.41, 5.74) is -0.433. The highest BCUT2D eigenvalue weighted by Gasteiger charge is 2.86. The summed E-state index contributed by atoms with van der Waals surface area (Å²) in [5, 5.41) is 25.7. The summed E-state index contributed by atoms with van der Waals surface area (Å²) in [5.74, 6) is -0.776. The molecule has 6 rings (SSSR count). The van der Waals surface area contributed by atoms with E-state index in [2.05, 4.69) is 11.4 Å². The van der Waals surface area contributed by atoms with E-state index in [1.165, 1.54) is 4.90 Å². The second kappa shape index (κ2) is 7.89. The Bertz CT molecular complexity index is 1540. The summed E-state index contributed by atoms with van der Waals surface area (Å²) >= 11 is 0. The Morgan fingerprint density at radius 3 is 2.42 bits per heavy atom. The molecule has 8 heteroatoms. The minimum absolute atomic E-state index is 0.247. The third kappa shape index (κ3) is 2.74. The molecule has 1 aromatic heterocycles. The molecule has 0 unspecified atom stereocenters. The number of nitriles is 1. The van der Waals surface area contributed by atoms with Gasteiger partial charge in [-0.15, -0.1) is 0 Å². The molecule has 5 atom stereocenters. The van der Waals surface area contributed by atoms with Crippen molar-refractivity contribution in [3.8, 4) is 11.8 Å². The van der Waals surface area contributed by atoms with Crippen molar-refractivity contribution in [3.05, 3.63) is 94.3 Å². The third-order valence-electron chi connectivity index (χ3n) is 8.25. The number of aromatic nitrogens is 1. The van der Waals surface area contributed by atoms with Crippen LogP contribution in [0.15, 0.2) is 65.7 Å². The second-order valence-electron chi connectivity index (χ2n) is 10.6. The Hall–Kier alpha value is -4.22. The molecule has 0 bridgehead atoms. The van der Waals surface area contributed by atoms with Crippen LogP contribution in [0.5, 0.6) is 5.75 Å². The highest BCUT2D eigenvalue weighted by molar-refractivity contribution is 5.91. The number of nitrogens with one attached hydrogen (secondary N) is 1. The average molecular weight is 508 g/mol. The SMILES string of the molecule is CC1=N[C@]23c4c(cc(C)nc4C)O[C@@]2(c2ccc(C#N)cc2)[C@H](c2ccccc2)[C@@H](C(=O)N(C)C)[C@]3(O)N1. The van der Waals surface area contributed by atoms with E-state index in [4.69, 9.17) is 14.7 Å². The van der Waals surface area contributed by atoms with E-state index in [1.54, 1.807) is 33.2 Å². The summed E-state index contributed by atoms with van der Waals surface area (Å²) in [4.78, 5) is 25.5. The van der Waals surface area contributed by atoms with Crippen molar-refractivity contribution < 1.29 is 14.6 Å². The molecule has 2 aliphatic heterocycles. The van der Waals surface area contributed by atoms with E-state index in [1.807, 2.05) is 62.4 Å². The van der Waals surface area contributed by atoms with Crippen LogP contribution in [0.25, 0.3) is 0 Å². The Morgan fingerprint density at radius 2 is 1.79 bits per heavy atom. The fourth-order valence-corrected chi connectivity index (χ4v) is 7.08. The summed E-state index contributed by atoms with van der Waals surface area (Å²) in [6.07, 6.45) is 0. The number of carbonyl (C=O) groups excluding carboxylic acids is 1. The number of benzene rings is 2. The molecule has 1 saturated carbocycles. The van der Waals surface area contributed by atoms with Gasteiger partial charge in [0.2, 0.25) is 5.91 Å². The first-order valence-corrected chi connectivity index (χ1v) is 12.6. The van der Waals surface area contributed by atoms with E-state index in [-0.39, 0.29) is 5.91 Å². The summed E-state index contributed by atoms with van der Waals surface area (Å²) in [7, 11) is 3.38. The number of aliphatic imine (C=N–C) groups is 1. The number of hydrogen-bond acceptors (Lipinski definition) is 7. The predicted molar refractivity (Wildman–Crippen MR) is 141 cm³/mol. The van der Waals surface area contributed by atoms with Crippen LogP contribution >= 0.6 is 0 Å². The molecule has 1 aliphatic carbocycles. The Labute approximate surface area is 221 Å². The number of amides is 1. The first kappa shape index (κ1) is 24.1. The fourth-order valence-electron chi connectivity index (χ4n) is 7.08. The Kier molecular flexibility index (Phi) is 5.01. The van der Waals surface area contributed by atoms with Crippen molar-refractivity contribution in [1.82, 2.24) is 15.2 Å². The van der Waals surface area contributed by atoms with Gasteiger partial charge >= 0.3 is 0 Å². The molecule has 3 heterocycles. The smallest absolute Gasteiger partial charge is 0.230 e. The standard InChI is InChI=1S/C30H29N5O3/c1-17-15-23-24(18(2)32-17)29-28(38-23,22-13-11-20(16-31)12-14-22)25(21-9-7-6-8-10-21)26(27(36)35(4)5)30(29,37)34-19(3)33-29/h6-15,25-26,37H,1-5H3,(H,33,34)/t25-,26+,28+,29-,30-/m1/s1. The summed E-state index contributed by atoms with van der Waals surface area (Å²) in [6, 6.07) is 20.9. The Morgan fingerprint density at radius 1 is 1.11 bits per heavy atom. The van der Waals surface area contributed by atoms with Crippen molar-refractivity contribution in [3.63, 3.8) is 0 Å². The number of ether oxygens (including phenoxy) is 1. The molecular weight excluding hydrogens is 478 g/mol. The number of hydrogen-bond donors (Lipinski definition) is 2. The Balaban J connectivity index is 1.80. The lowest BCUT2D eigenvalue weighted by Gasteiger charge is -2.42. The van der Waals surface area contributed by atoms with Gasteiger partial charge < -0.3 is 20.1 Å². The highest BCUT2D eigenvalue weighted by atomic mass is 16.5. The van der Waals surface area contributed by atoms with Crippen LogP contribution in [0.2, 0.25) is 0 Å². The van der Waals surface area contributed by atoms with Gasteiger partial charge in [-0.1, -0.05) is 42.5 Å². The first-order valence-electron chi connectivity index (χ1n) is 12.6.